The highest BCUT2D eigenvalue weighted by molar-refractivity contribution is 5.96. The molecule has 0 aliphatic heterocycles. The van der Waals surface area contributed by atoms with E-state index >= 15 is 0 Å². The molecule has 1 aromatic carbocycles. The molecule has 33 heavy (non-hydrogen) atoms. The molecule has 8 nitrogen and oxygen atoms in total. The largest absolute Gasteiger partial charge is 0.452 e. The molecule has 1 aliphatic carbocycles. The zero-order valence-electron chi connectivity index (χ0n) is 18.9. The number of carbonyl (C=O) groups excluding carboxylic acids is 2. The fraction of sp³-hybridized carbons (Fsp3) is 0.360. The lowest BCUT2D eigenvalue weighted by Crippen LogP contribution is -2.23. The molecule has 0 unspecified atom stereocenters. The molecule has 0 bridgehead atoms. The Bertz CT molecular complexity index is 1200. The van der Waals surface area contributed by atoms with E-state index < -0.39 is 18.5 Å². The van der Waals surface area contributed by atoms with Crippen molar-refractivity contribution in [2.24, 2.45) is 0 Å². The molecule has 1 amide bonds. The fourth-order valence-electron chi connectivity index (χ4n) is 4.41. The summed E-state index contributed by atoms with van der Waals surface area (Å²) >= 11 is 0. The van der Waals surface area contributed by atoms with Crippen molar-refractivity contribution in [2.45, 2.75) is 52.1 Å². The number of nitrogens with one attached hydrogen (secondary N) is 1. The average molecular weight is 446 g/mol. The number of nitrogens with zero attached hydrogens (tertiary/aromatic N) is 4. The number of hydrogen-bond donors (Lipinski definition) is 1. The number of rotatable bonds is 7. The quantitative estimate of drug-likeness (QED) is 0.551. The third kappa shape index (κ3) is 4.82. The molecule has 0 atom stereocenters. The van der Waals surface area contributed by atoms with Crippen LogP contribution in [0.3, 0.4) is 0 Å². The van der Waals surface area contributed by atoms with Crippen molar-refractivity contribution in [3.05, 3.63) is 70.7 Å². The van der Waals surface area contributed by atoms with Crippen LogP contribution in [0.5, 0.6) is 0 Å². The maximum atomic E-state index is 12.6. The topological polar surface area (TPSA) is 102 Å². The number of hydrogen-bond acceptors (Lipinski definition) is 5. The first kappa shape index (κ1) is 22.3. The smallest absolute Gasteiger partial charge is 0.341 e. The van der Waals surface area contributed by atoms with Gasteiger partial charge in [0.05, 0.1) is 23.9 Å². The van der Waals surface area contributed by atoms with Crippen LogP contribution in [0.25, 0.3) is 0 Å². The van der Waals surface area contributed by atoms with E-state index in [1.165, 1.54) is 6.20 Å². The SMILES string of the molecule is Cc1c(C#N)c(NC(=O)COC(=O)c2cnn(Cc3ccccc3)c2)n(C2CCCC2)c1C. The predicted octanol–water partition coefficient (Wildman–Crippen LogP) is 4.13. The second kappa shape index (κ2) is 9.74. The first-order valence-corrected chi connectivity index (χ1v) is 11.1. The van der Waals surface area contributed by atoms with E-state index in [-0.39, 0.29) is 11.6 Å². The van der Waals surface area contributed by atoms with Crippen LogP contribution in [0, 0.1) is 25.2 Å². The number of nitriles is 1. The first-order valence-electron chi connectivity index (χ1n) is 11.1. The zero-order chi connectivity index (χ0) is 23.4. The summed E-state index contributed by atoms with van der Waals surface area (Å²) in [5, 5.41) is 16.7. The van der Waals surface area contributed by atoms with Gasteiger partial charge in [0.25, 0.3) is 5.91 Å². The Balaban J connectivity index is 1.39. The molecule has 0 radical (unpaired) electrons. The van der Waals surface area contributed by atoms with Gasteiger partial charge in [-0.25, -0.2) is 4.79 Å². The van der Waals surface area contributed by atoms with Gasteiger partial charge in [-0.2, -0.15) is 10.4 Å². The third-order valence-electron chi connectivity index (χ3n) is 6.21. The van der Waals surface area contributed by atoms with Gasteiger partial charge >= 0.3 is 5.97 Å². The van der Waals surface area contributed by atoms with Crippen LogP contribution in [0.15, 0.2) is 42.7 Å². The van der Waals surface area contributed by atoms with E-state index in [2.05, 4.69) is 21.1 Å². The van der Waals surface area contributed by atoms with Crippen LogP contribution in [-0.2, 0) is 16.1 Å². The van der Waals surface area contributed by atoms with Gasteiger partial charge in [0.1, 0.15) is 11.9 Å². The van der Waals surface area contributed by atoms with Gasteiger partial charge < -0.3 is 14.6 Å². The van der Waals surface area contributed by atoms with Crippen LogP contribution in [0.2, 0.25) is 0 Å². The van der Waals surface area contributed by atoms with Crippen molar-refractivity contribution in [1.29, 1.82) is 5.26 Å². The van der Waals surface area contributed by atoms with Crippen LogP contribution < -0.4 is 5.32 Å². The molecule has 1 saturated carbocycles. The third-order valence-corrected chi connectivity index (χ3v) is 6.21. The number of benzene rings is 1. The number of anilines is 1. The molecule has 0 spiro atoms. The first-order chi connectivity index (χ1) is 16.0. The second-order valence-corrected chi connectivity index (χ2v) is 8.39. The molecule has 2 aromatic heterocycles. The summed E-state index contributed by atoms with van der Waals surface area (Å²) in [6.45, 7) is 3.95. The van der Waals surface area contributed by atoms with Crippen LogP contribution >= 0.6 is 0 Å². The minimum atomic E-state index is -0.622. The molecular weight excluding hydrogens is 418 g/mol. The monoisotopic (exact) mass is 445 g/mol. The number of ether oxygens (including phenoxy) is 1. The normalized spacial score (nSPS) is 13.6. The molecule has 0 saturated heterocycles. The molecular formula is C25H27N5O3. The number of carbonyl (C=O) groups is 2. The Morgan fingerprint density at radius 2 is 1.94 bits per heavy atom. The Morgan fingerprint density at radius 1 is 1.21 bits per heavy atom. The molecule has 170 valence electrons. The Kier molecular flexibility index (Phi) is 6.59. The van der Waals surface area contributed by atoms with Gasteiger partial charge in [0.2, 0.25) is 0 Å². The van der Waals surface area contributed by atoms with Crippen molar-refractivity contribution < 1.29 is 14.3 Å². The summed E-state index contributed by atoms with van der Waals surface area (Å²) in [7, 11) is 0. The molecule has 4 rings (SSSR count). The zero-order valence-corrected chi connectivity index (χ0v) is 18.9. The van der Waals surface area contributed by atoms with Gasteiger partial charge in [-0.1, -0.05) is 43.2 Å². The summed E-state index contributed by atoms with van der Waals surface area (Å²) < 4.78 is 8.91. The van der Waals surface area contributed by atoms with Gasteiger partial charge in [-0.05, 0) is 37.8 Å². The van der Waals surface area contributed by atoms with E-state index in [1.54, 1.807) is 10.9 Å². The minimum absolute atomic E-state index is 0.263. The Hall–Kier alpha value is -3.86. The maximum Gasteiger partial charge on any atom is 0.341 e. The van der Waals surface area contributed by atoms with Gasteiger partial charge in [0.15, 0.2) is 6.61 Å². The van der Waals surface area contributed by atoms with Crippen LogP contribution in [0.1, 0.15) is 64.5 Å². The Morgan fingerprint density at radius 3 is 2.64 bits per heavy atom. The van der Waals surface area contributed by atoms with E-state index in [0.29, 0.717) is 17.9 Å². The second-order valence-electron chi connectivity index (χ2n) is 8.39. The van der Waals surface area contributed by atoms with Crippen molar-refractivity contribution in [2.75, 3.05) is 11.9 Å². The molecule has 3 aromatic rings. The number of aromatic nitrogens is 3. The minimum Gasteiger partial charge on any atom is -0.452 e. The van der Waals surface area contributed by atoms with E-state index in [0.717, 1.165) is 42.5 Å². The van der Waals surface area contributed by atoms with Gasteiger partial charge in [-0.15, -0.1) is 0 Å². The highest BCUT2D eigenvalue weighted by Gasteiger charge is 2.27. The van der Waals surface area contributed by atoms with Crippen LogP contribution in [-0.4, -0.2) is 32.8 Å². The van der Waals surface area contributed by atoms with E-state index in [9.17, 15) is 14.9 Å². The van der Waals surface area contributed by atoms with Gasteiger partial charge in [0, 0.05) is 17.9 Å². The standard InChI is InChI=1S/C25H27N5O3/c1-17-18(2)30(21-10-6-7-11-21)24(22(17)12-26)28-23(31)16-33-25(32)20-13-27-29(15-20)14-19-8-4-3-5-9-19/h3-5,8-9,13,15,21H,6-7,10-11,14,16H2,1-2H3,(H,28,31). The summed E-state index contributed by atoms with van der Waals surface area (Å²) in [4.78, 5) is 25.0. The van der Waals surface area contributed by atoms with Crippen LogP contribution in [0.4, 0.5) is 5.82 Å². The van der Waals surface area contributed by atoms with Gasteiger partial charge in [-0.3, -0.25) is 9.48 Å². The molecule has 8 heteroatoms. The molecule has 1 fully saturated rings. The van der Waals surface area contributed by atoms with Crippen molar-refractivity contribution >= 4 is 17.7 Å². The van der Waals surface area contributed by atoms with Crippen molar-refractivity contribution in [1.82, 2.24) is 14.3 Å². The predicted molar refractivity (Wildman–Crippen MR) is 123 cm³/mol. The van der Waals surface area contributed by atoms with E-state index in [4.69, 9.17) is 4.74 Å². The summed E-state index contributed by atoms with van der Waals surface area (Å²) in [5.41, 5.74) is 3.64. The number of esters is 1. The summed E-state index contributed by atoms with van der Waals surface area (Å²) in [5.74, 6) is -0.604. The Labute approximate surface area is 192 Å². The highest BCUT2D eigenvalue weighted by Crippen LogP contribution is 2.37. The maximum absolute atomic E-state index is 12.6. The molecule has 2 heterocycles. The lowest BCUT2D eigenvalue weighted by Gasteiger charge is -2.19. The molecule has 1 aliphatic rings. The lowest BCUT2D eigenvalue weighted by atomic mass is 10.2. The highest BCUT2D eigenvalue weighted by atomic mass is 16.5. The van der Waals surface area contributed by atoms with Crippen molar-refractivity contribution in [3.8, 4) is 6.07 Å². The molecule has 1 N–H and O–H groups in total. The fourth-order valence-corrected chi connectivity index (χ4v) is 4.41. The van der Waals surface area contributed by atoms with Crippen molar-refractivity contribution in [3.63, 3.8) is 0 Å². The lowest BCUT2D eigenvalue weighted by molar-refractivity contribution is -0.119. The number of amides is 1. The summed E-state index contributed by atoms with van der Waals surface area (Å²) in [6, 6.07) is 12.2. The van der Waals surface area contributed by atoms with E-state index in [1.807, 2.05) is 44.2 Å². The summed E-state index contributed by atoms with van der Waals surface area (Å²) in [6.07, 6.45) is 7.32. The average Bonchev–Trinajstić information content (AvgIpc) is 3.55.